The molecule has 36 heavy (non-hydrogen) atoms. The number of hydrogen-bond donors (Lipinski definition) is 1. The number of methoxy groups -OCH3 is 1. The van der Waals surface area contributed by atoms with Crippen molar-refractivity contribution in [2.45, 2.75) is 45.6 Å². The van der Waals surface area contributed by atoms with Crippen LogP contribution in [0.25, 0.3) is 11.0 Å². The molecule has 0 unspecified atom stereocenters. The molecule has 1 amide bonds. The molecular weight excluding hydrogens is 450 g/mol. The van der Waals surface area contributed by atoms with Crippen molar-refractivity contribution >= 4 is 16.9 Å². The quantitative estimate of drug-likeness (QED) is 0.250. The van der Waals surface area contributed by atoms with Crippen LogP contribution in [0.15, 0.2) is 72.8 Å². The molecule has 6 nitrogen and oxygen atoms in total. The zero-order valence-electron chi connectivity index (χ0n) is 21.4. The highest BCUT2D eigenvalue weighted by Crippen LogP contribution is 2.26. The molecule has 0 fully saturated rings. The number of carbonyl (C=O) groups excluding carboxylic acids is 1. The summed E-state index contributed by atoms with van der Waals surface area (Å²) < 4.78 is 13.7. The molecule has 1 heterocycles. The van der Waals surface area contributed by atoms with Gasteiger partial charge in [0.1, 0.15) is 17.3 Å². The van der Waals surface area contributed by atoms with Gasteiger partial charge >= 0.3 is 0 Å². The summed E-state index contributed by atoms with van der Waals surface area (Å²) in [6, 6.07) is 23.7. The number of nitrogens with one attached hydrogen (secondary N) is 1. The third-order valence-corrected chi connectivity index (χ3v) is 6.29. The molecule has 0 bridgehead atoms. The second-order valence-electron chi connectivity index (χ2n) is 9.12. The van der Waals surface area contributed by atoms with E-state index in [1.807, 2.05) is 36.4 Å². The van der Waals surface area contributed by atoms with Crippen molar-refractivity contribution in [2.75, 3.05) is 20.3 Å². The maximum atomic E-state index is 12.7. The molecule has 4 aromatic rings. The number of carbonyl (C=O) groups is 1. The van der Waals surface area contributed by atoms with Crippen LogP contribution in [0.5, 0.6) is 11.5 Å². The Morgan fingerprint density at radius 3 is 2.47 bits per heavy atom. The van der Waals surface area contributed by atoms with Crippen molar-refractivity contribution < 1.29 is 14.3 Å². The van der Waals surface area contributed by atoms with Crippen LogP contribution in [0.2, 0.25) is 0 Å². The highest BCUT2D eigenvalue weighted by molar-refractivity contribution is 5.96. The monoisotopic (exact) mass is 485 g/mol. The maximum absolute atomic E-state index is 12.7. The lowest BCUT2D eigenvalue weighted by Crippen LogP contribution is -2.27. The van der Waals surface area contributed by atoms with Crippen LogP contribution in [0.1, 0.15) is 54.4 Å². The molecular formula is C30H35N3O3. The first-order valence-corrected chi connectivity index (χ1v) is 12.7. The number of para-hydroxylation sites is 4. The summed E-state index contributed by atoms with van der Waals surface area (Å²) in [7, 11) is 1.57. The Bertz CT molecular complexity index is 1300. The van der Waals surface area contributed by atoms with E-state index in [1.165, 1.54) is 5.56 Å². The van der Waals surface area contributed by atoms with Gasteiger partial charge in [0.05, 0.1) is 30.3 Å². The molecule has 0 atom stereocenters. The first kappa shape index (κ1) is 25.3. The molecule has 0 aliphatic rings. The lowest BCUT2D eigenvalue weighted by molar-refractivity contribution is 0.0951. The van der Waals surface area contributed by atoms with Crippen LogP contribution in [-0.2, 0) is 13.0 Å². The Labute approximate surface area is 213 Å². The Hall–Kier alpha value is -3.80. The lowest BCUT2D eigenvalue weighted by atomic mass is 10.0. The van der Waals surface area contributed by atoms with Gasteiger partial charge in [-0.15, -0.1) is 0 Å². The smallest absolute Gasteiger partial charge is 0.255 e. The fourth-order valence-corrected chi connectivity index (χ4v) is 4.42. The number of amides is 1. The number of rotatable bonds is 12. The van der Waals surface area contributed by atoms with E-state index in [4.69, 9.17) is 14.5 Å². The Kier molecular flexibility index (Phi) is 8.61. The lowest BCUT2D eigenvalue weighted by Gasteiger charge is -2.14. The minimum Gasteiger partial charge on any atom is -0.496 e. The van der Waals surface area contributed by atoms with Gasteiger partial charge in [-0.3, -0.25) is 4.79 Å². The topological polar surface area (TPSA) is 65.4 Å². The van der Waals surface area contributed by atoms with Crippen LogP contribution in [-0.4, -0.2) is 35.7 Å². The molecule has 0 saturated carbocycles. The van der Waals surface area contributed by atoms with Gasteiger partial charge in [0.25, 0.3) is 5.91 Å². The van der Waals surface area contributed by atoms with Gasteiger partial charge in [-0.1, -0.05) is 56.3 Å². The van der Waals surface area contributed by atoms with E-state index >= 15 is 0 Å². The zero-order chi connectivity index (χ0) is 25.3. The molecule has 0 aliphatic heterocycles. The number of nitrogens with zero attached hydrogens (tertiary/aromatic N) is 2. The van der Waals surface area contributed by atoms with Crippen molar-refractivity contribution in [1.29, 1.82) is 0 Å². The molecule has 0 radical (unpaired) electrons. The van der Waals surface area contributed by atoms with E-state index in [0.717, 1.165) is 42.0 Å². The predicted molar refractivity (Wildman–Crippen MR) is 144 cm³/mol. The summed E-state index contributed by atoms with van der Waals surface area (Å²) >= 11 is 0. The summed E-state index contributed by atoms with van der Waals surface area (Å²) in [6.07, 6.45) is 2.57. The fourth-order valence-electron chi connectivity index (χ4n) is 4.42. The van der Waals surface area contributed by atoms with Gasteiger partial charge in [0.15, 0.2) is 0 Å². The zero-order valence-corrected chi connectivity index (χ0v) is 21.4. The number of benzene rings is 3. The third kappa shape index (κ3) is 6.06. The molecule has 1 N–H and O–H groups in total. The molecule has 6 heteroatoms. The second kappa shape index (κ2) is 12.2. The molecule has 0 spiro atoms. The largest absolute Gasteiger partial charge is 0.496 e. The van der Waals surface area contributed by atoms with Gasteiger partial charge < -0.3 is 19.4 Å². The molecule has 188 valence electrons. The van der Waals surface area contributed by atoms with Gasteiger partial charge in [-0.05, 0) is 54.7 Å². The summed E-state index contributed by atoms with van der Waals surface area (Å²) in [5.41, 5.74) is 3.88. The number of ether oxygens (including phenoxy) is 2. The van der Waals surface area contributed by atoms with Crippen molar-refractivity contribution in [1.82, 2.24) is 14.9 Å². The minimum atomic E-state index is -0.145. The highest BCUT2D eigenvalue weighted by Gasteiger charge is 2.14. The number of hydrogen-bond acceptors (Lipinski definition) is 4. The number of fused-ring (bicyclic) bond motifs is 1. The van der Waals surface area contributed by atoms with Crippen LogP contribution < -0.4 is 14.8 Å². The van der Waals surface area contributed by atoms with Crippen molar-refractivity contribution in [3.05, 3.63) is 89.7 Å². The summed E-state index contributed by atoms with van der Waals surface area (Å²) in [5, 5.41) is 3.01. The highest BCUT2D eigenvalue weighted by atomic mass is 16.5. The van der Waals surface area contributed by atoms with E-state index in [0.29, 0.717) is 36.8 Å². The van der Waals surface area contributed by atoms with Crippen molar-refractivity contribution in [3.63, 3.8) is 0 Å². The molecule has 4 rings (SSSR count). The average molecular weight is 486 g/mol. The summed E-state index contributed by atoms with van der Waals surface area (Å²) in [6.45, 7) is 6.40. The van der Waals surface area contributed by atoms with Crippen molar-refractivity contribution in [3.8, 4) is 11.5 Å². The predicted octanol–water partition coefficient (Wildman–Crippen LogP) is 6.00. The number of aryl methyl sites for hydroxylation is 1. The van der Waals surface area contributed by atoms with Gasteiger partial charge in [-0.25, -0.2) is 4.98 Å². The van der Waals surface area contributed by atoms with Crippen molar-refractivity contribution in [2.24, 2.45) is 0 Å². The third-order valence-electron chi connectivity index (χ3n) is 6.29. The number of unbranched alkanes of at least 4 members (excludes halogenated alkanes) is 1. The number of imidazole rings is 1. The summed E-state index contributed by atoms with van der Waals surface area (Å²) in [5.74, 6) is 2.81. The normalized spacial score (nSPS) is 11.1. The fraction of sp³-hybridized carbons (Fsp3) is 0.333. The number of aromatic nitrogens is 2. The first-order valence-electron chi connectivity index (χ1n) is 12.7. The average Bonchev–Trinajstić information content (AvgIpc) is 3.25. The second-order valence-corrected chi connectivity index (χ2v) is 9.12. The molecule has 0 saturated heterocycles. The Morgan fingerprint density at radius 1 is 0.944 bits per heavy atom. The maximum Gasteiger partial charge on any atom is 0.255 e. The molecule has 0 aliphatic carbocycles. The molecule has 1 aromatic heterocycles. The molecule has 3 aromatic carbocycles. The van der Waals surface area contributed by atoms with Crippen LogP contribution in [0.4, 0.5) is 0 Å². The SMILES string of the molecule is COc1ccccc1C(=O)NCCc1nc2ccccc2n1CCCCOc1ccccc1C(C)C. The van der Waals surface area contributed by atoms with Crippen LogP contribution in [0.3, 0.4) is 0 Å². The standard InChI is InChI=1S/C30H35N3O3/c1-22(2)23-12-4-9-17-28(23)36-21-11-10-20-33-26-15-7-6-14-25(26)32-29(33)18-19-31-30(34)24-13-5-8-16-27(24)35-3/h4-9,12-17,22H,10-11,18-21H2,1-3H3,(H,31,34). The minimum absolute atomic E-state index is 0.145. The van der Waals surface area contributed by atoms with E-state index in [2.05, 4.69) is 48.0 Å². The van der Waals surface area contributed by atoms with Gasteiger partial charge in [-0.2, -0.15) is 0 Å². The first-order chi connectivity index (χ1) is 17.6. The van der Waals surface area contributed by atoms with E-state index in [1.54, 1.807) is 19.2 Å². The van der Waals surface area contributed by atoms with E-state index in [-0.39, 0.29) is 5.91 Å². The Morgan fingerprint density at radius 2 is 1.67 bits per heavy atom. The van der Waals surface area contributed by atoms with Gasteiger partial charge in [0.2, 0.25) is 0 Å². The van der Waals surface area contributed by atoms with Gasteiger partial charge in [0, 0.05) is 19.5 Å². The van der Waals surface area contributed by atoms with E-state index < -0.39 is 0 Å². The van der Waals surface area contributed by atoms with Crippen LogP contribution in [0, 0.1) is 0 Å². The Balaban J connectivity index is 1.35. The summed E-state index contributed by atoms with van der Waals surface area (Å²) in [4.78, 5) is 17.5. The van der Waals surface area contributed by atoms with E-state index in [9.17, 15) is 4.79 Å². The van der Waals surface area contributed by atoms with Crippen LogP contribution >= 0.6 is 0 Å².